The predicted molar refractivity (Wildman–Crippen MR) is 60.4 cm³/mol. The summed E-state index contributed by atoms with van der Waals surface area (Å²) in [7, 11) is -1.84. The zero-order chi connectivity index (χ0) is 12.6. The second kappa shape index (κ2) is 4.14. The summed E-state index contributed by atoms with van der Waals surface area (Å²) in [6.07, 6.45) is 0.370. The highest BCUT2D eigenvalue weighted by Gasteiger charge is 2.31. The molecular weight excluding hydrogens is 244 g/mol. The van der Waals surface area contributed by atoms with Gasteiger partial charge in [0.2, 0.25) is 0 Å². The number of sulfone groups is 1. The van der Waals surface area contributed by atoms with E-state index < -0.39 is 15.8 Å². The van der Waals surface area contributed by atoms with Crippen LogP contribution >= 0.6 is 0 Å². The van der Waals surface area contributed by atoms with E-state index in [2.05, 4.69) is 9.84 Å². The highest BCUT2D eigenvalue weighted by Crippen LogP contribution is 2.24. The van der Waals surface area contributed by atoms with Crippen LogP contribution in [0.5, 0.6) is 0 Å². The Hall–Kier alpha value is -1.37. The molecule has 17 heavy (non-hydrogen) atoms. The first kappa shape index (κ1) is 12.1. The number of aryl methyl sites for hydroxylation is 2. The molecule has 1 aromatic rings. The average molecular weight is 258 g/mol. The Morgan fingerprint density at radius 3 is 2.82 bits per heavy atom. The highest BCUT2D eigenvalue weighted by molar-refractivity contribution is 7.90. The second-order valence-electron chi connectivity index (χ2n) is 3.92. The highest BCUT2D eigenvalue weighted by atomic mass is 32.2. The van der Waals surface area contributed by atoms with Crippen LogP contribution in [0.4, 0.5) is 0 Å². The van der Waals surface area contributed by atoms with Gasteiger partial charge in [-0.3, -0.25) is 4.68 Å². The average Bonchev–Trinajstić information content (AvgIpc) is 2.64. The Morgan fingerprint density at radius 1 is 1.53 bits per heavy atom. The van der Waals surface area contributed by atoms with Gasteiger partial charge in [-0.05, 0) is 6.92 Å². The van der Waals surface area contributed by atoms with Gasteiger partial charge in [0.25, 0.3) is 0 Å². The van der Waals surface area contributed by atoms with Gasteiger partial charge in [-0.2, -0.15) is 5.10 Å². The van der Waals surface area contributed by atoms with Crippen molar-refractivity contribution < 1.29 is 17.9 Å². The van der Waals surface area contributed by atoms with Crippen LogP contribution in [0.25, 0.3) is 0 Å². The van der Waals surface area contributed by atoms with Crippen molar-refractivity contribution in [2.45, 2.75) is 25.6 Å². The first-order valence-electron chi connectivity index (χ1n) is 5.35. The summed E-state index contributed by atoms with van der Waals surface area (Å²) in [5.41, 5.74) is 1.47. The molecule has 0 spiro atoms. The van der Waals surface area contributed by atoms with Gasteiger partial charge in [-0.1, -0.05) is 0 Å². The van der Waals surface area contributed by atoms with Crippen LogP contribution < -0.4 is 0 Å². The van der Waals surface area contributed by atoms with Crippen molar-refractivity contribution in [2.75, 3.05) is 12.9 Å². The number of carbonyl (C=O) groups is 1. The topological polar surface area (TPSA) is 78.3 Å². The number of rotatable bonds is 2. The molecule has 0 saturated carbocycles. The number of hydrogen-bond acceptors (Lipinski definition) is 5. The minimum Gasteiger partial charge on any atom is -0.464 e. The molecule has 0 amide bonds. The monoisotopic (exact) mass is 258 g/mol. The van der Waals surface area contributed by atoms with Crippen molar-refractivity contribution in [1.82, 2.24) is 9.78 Å². The number of carbonyl (C=O) groups excluding carboxylic acids is 1. The molecule has 94 valence electrons. The van der Waals surface area contributed by atoms with E-state index in [1.54, 1.807) is 0 Å². The summed E-state index contributed by atoms with van der Waals surface area (Å²) >= 11 is 0. The summed E-state index contributed by atoms with van der Waals surface area (Å²) in [5, 5.41) is 4.26. The number of fused-ring (bicyclic) bond motifs is 1. The SMILES string of the molecule is CCn1nc2c(c1C(=O)OC)CS(=O)(=O)CC2. The summed E-state index contributed by atoms with van der Waals surface area (Å²) in [6, 6.07) is 0. The van der Waals surface area contributed by atoms with Gasteiger partial charge in [0.1, 0.15) is 0 Å². The van der Waals surface area contributed by atoms with Gasteiger partial charge in [0, 0.05) is 18.5 Å². The summed E-state index contributed by atoms with van der Waals surface area (Å²) in [5.74, 6) is -0.550. The van der Waals surface area contributed by atoms with Crippen LogP contribution in [0, 0.1) is 0 Å². The van der Waals surface area contributed by atoms with E-state index in [0.29, 0.717) is 24.2 Å². The minimum atomic E-state index is -3.12. The van der Waals surface area contributed by atoms with Crippen LogP contribution in [-0.4, -0.2) is 37.0 Å². The lowest BCUT2D eigenvalue weighted by Gasteiger charge is -2.11. The molecular formula is C10H14N2O4S. The van der Waals surface area contributed by atoms with E-state index in [4.69, 9.17) is 0 Å². The van der Waals surface area contributed by atoms with E-state index >= 15 is 0 Å². The molecule has 0 bridgehead atoms. The molecule has 0 unspecified atom stereocenters. The number of hydrogen-bond donors (Lipinski definition) is 0. The molecule has 1 aromatic heterocycles. The van der Waals surface area contributed by atoms with E-state index in [-0.39, 0.29) is 17.2 Å². The minimum absolute atomic E-state index is 0.0986. The fourth-order valence-electron chi connectivity index (χ4n) is 2.00. The third kappa shape index (κ3) is 2.06. The number of esters is 1. The second-order valence-corrected chi connectivity index (χ2v) is 6.11. The van der Waals surface area contributed by atoms with Gasteiger partial charge in [-0.15, -0.1) is 0 Å². The molecule has 0 N–H and O–H groups in total. The molecule has 1 aliphatic heterocycles. The zero-order valence-corrected chi connectivity index (χ0v) is 10.6. The first-order valence-corrected chi connectivity index (χ1v) is 7.18. The van der Waals surface area contributed by atoms with E-state index in [9.17, 15) is 13.2 Å². The van der Waals surface area contributed by atoms with Crippen molar-refractivity contribution >= 4 is 15.8 Å². The van der Waals surface area contributed by atoms with Gasteiger partial charge in [0.15, 0.2) is 15.5 Å². The lowest BCUT2D eigenvalue weighted by Crippen LogP contribution is -2.20. The fourth-order valence-corrected chi connectivity index (χ4v) is 3.39. The lowest BCUT2D eigenvalue weighted by molar-refractivity contribution is 0.0586. The first-order chi connectivity index (χ1) is 7.98. The molecule has 0 atom stereocenters. The van der Waals surface area contributed by atoms with Gasteiger partial charge < -0.3 is 4.74 Å². The van der Waals surface area contributed by atoms with Crippen LogP contribution in [-0.2, 0) is 33.3 Å². The molecule has 0 aliphatic carbocycles. The quantitative estimate of drug-likeness (QED) is 0.706. The third-order valence-corrected chi connectivity index (χ3v) is 4.38. The Labute approximate surface area is 99.5 Å². The molecule has 1 aliphatic rings. The van der Waals surface area contributed by atoms with Crippen LogP contribution in [0.2, 0.25) is 0 Å². The van der Waals surface area contributed by atoms with Crippen molar-refractivity contribution in [3.05, 3.63) is 17.0 Å². The largest absolute Gasteiger partial charge is 0.464 e. The van der Waals surface area contributed by atoms with Crippen molar-refractivity contribution in [3.8, 4) is 0 Å². The van der Waals surface area contributed by atoms with Crippen molar-refractivity contribution in [2.24, 2.45) is 0 Å². The molecule has 2 rings (SSSR count). The summed E-state index contributed by atoms with van der Waals surface area (Å²) < 4.78 is 29.4. The Morgan fingerprint density at radius 2 is 2.24 bits per heavy atom. The molecule has 2 heterocycles. The predicted octanol–water partition coefficient (Wildman–Crippen LogP) is 0.160. The third-order valence-electron chi connectivity index (χ3n) is 2.83. The van der Waals surface area contributed by atoms with Crippen LogP contribution in [0.15, 0.2) is 0 Å². The van der Waals surface area contributed by atoms with Gasteiger partial charge in [-0.25, -0.2) is 13.2 Å². The molecule has 0 saturated heterocycles. The normalized spacial score (nSPS) is 17.5. The maximum atomic E-state index is 11.7. The maximum Gasteiger partial charge on any atom is 0.356 e. The Kier molecular flexibility index (Phi) is 2.94. The van der Waals surface area contributed by atoms with Gasteiger partial charge >= 0.3 is 5.97 Å². The molecule has 6 nitrogen and oxygen atoms in total. The lowest BCUT2D eigenvalue weighted by atomic mass is 10.1. The number of aromatic nitrogens is 2. The fraction of sp³-hybridized carbons (Fsp3) is 0.600. The molecule has 0 aromatic carbocycles. The number of nitrogens with zero attached hydrogens (tertiary/aromatic N) is 2. The summed E-state index contributed by atoms with van der Waals surface area (Å²) in [4.78, 5) is 11.7. The number of ether oxygens (including phenoxy) is 1. The van der Waals surface area contributed by atoms with E-state index in [1.165, 1.54) is 11.8 Å². The van der Waals surface area contributed by atoms with Crippen LogP contribution in [0.1, 0.15) is 28.7 Å². The van der Waals surface area contributed by atoms with Crippen LogP contribution in [0.3, 0.4) is 0 Å². The van der Waals surface area contributed by atoms with E-state index in [0.717, 1.165) is 0 Å². The molecule has 0 fully saturated rings. The molecule has 7 heteroatoms. The van der Waals surface area contributed by atoms with E-state index in [1.807, 2.05) is 6.92 Å². The smallest absolute Gasteiger partial charge is 0.356 e. The zero-order valence-electron chi connectivity index (χ0n) is 9.76. The molecule has 0 radical (unpaired) electrons. The summed E-state index contributed by atoms with van der Waals surface area (Å²) in [6.45, 7) is 2.36. The Balaban J connectivity index is 2.58. The van der Waals surface area contributed by atoms with Crippen molar-refractivity contribution in [3.63, 3.8) is 0 Å². The Bertz CT molecular complexity index is 559. The standard InChI is InChI=1S/C10H14N2O4S/c1-3-12-9(10(13)16-2)7-6-17(14,15)5-4-8(7)11-12/h3-6H2,1-2H3. The number of methoxy groups -OCH3 is 1. The van der Waals surface area contributed by atoms with Crippen molar-refractivity contribution in [1.29, 1.82) is 0 Å². The van der Waals surface area contributed by atoms with Gasteiger partial charge in [0.05, 0.1) is 24.3 Å². The maximum absolute atomic E-state index is 11.7.